The van der Waals surface area contributed by atoms with Gasteiger partial charge in [-0.15, -0.1) is 0 Å². The fraction of sp³-hybridized carbons (Fsp3) is 0.929. The van der Waals surface area contributed by atoms with Gasteiger partial charge in [0.1, 0.15) is 0 Å². The van der Waals surface area contributed by atoms with Crippen LogP contribution in [0.15, 0.2) is 0 Å². The number of nitrogens with zero attached hydrogens (tertiary/aromatic N) is 1. The van der Waals surface area contributed by atoms with Crippen LogP contribution in [-0.4, -0.2) is 68.5 Å². The van der Waals surface area contributed by atoms with Crippen LogP contribution in [-0.2, 0) is 14.6 Å². The molecule has 0 radical (unpaired) electrons. The molecule has 0 aliphatic carbocycles. The Bertz CT molecular complexity index is 522. The molecule has 7 heteroatoms. The fourth-order valence-corrected chi connectivity index (χ4v) is 6.12. The first kappa shape index (κ1) is 15.2. The predicted octanol–water partition coefficient (Wildman–Crippen LogP) is -0.636. The standard InChI is InChI=1S/C14H25N3O3S/c1-14(4-6-21(19,20)10-14)16-13(18)9-17-5-2-3-11-7-15-8-12(11)17/h11-12,15H,2-10H2,1H3,(H,16,18). The molecule has 3 aliphatic heterocycles. The lowest BCUT2D eigenvalue weighted by Gasteiger charge is -2.37. The van der Waals surface area contributed by atoms with Crippen molar-refractivity contribution in [2.45, 2.75) is 37.8 Å². The van der Waals surface area contributed by atoms with E-state index in [1.165, 1.54) is 6.42 Å². The topological polar surface area (TPSA) is 78.5 Å². The van der Waals surface area contributed by atoms with Crippen LogP contribution in [0.5, 0.6) is 0 Å². The summed E-state index contributed by atoms with van der Waals surface area (Å²) in [5, 5.41) is 6.36. The second-order valence-electron chi connectivity index (χ2n) is 7.05. The fourth-order valence-electron chi connectivity index (χ4n) is 4.03. The molecular formula is C14H25N3O3S. The molecule has 0 saturated carbocycles. The van der Waals surface area contributed by atoms with Gasteiger partial charge in [0, 0.05) is 12.6 Å². The second kappa shape index (κ2) is 5.52. The van der Waals surface area contributed by atoms with Crippen LogP contribution in [0.4, 0.5) is 0 Å². The zero-order chi connectivity index (χ0) is 15.1. The molecule has 3 saturated heterocycles. The van der Waals surface area contributed by atoms with Crippen LogP contribution in [0.3, 0.4) is 0 Å². The Balaban J connectivity index is 1.57. The van der Waals surface area contributed by atoms with Crippen molar-refractivity contribution < 1.29 is 13.2 Å². The van der Waals surface area contributed by atoms with Crippen molar-refractivity contribution in [2.75, 3.05) is 37.7 Å². The van der Waals surface area contributed by atoms with E-state index < -0.39 is 15.4 Å². The summed E-state index contributed by atoms with van der Waals surface area (Å²) in [6.07, 6.45) is 2.90. The third-order valence-corrected chi connectivity index (χ3v) is 6.99. The molecule has 0 aromatic carbocycles. The van der Waals surface area contributed by atoms with E-state index >= 15 is 0 Å². The Morgan fingerprint density at radius 1 is 1.43 bits per heavy atom. The number of rotatable bonds is 3. The summed E-state index contributed by atoms with van der Waals surface area (Å²) in [6, 6.07) is 0.463. The summed E-state index contributed by atoms with van der Waals surface area (Å²) in [7, 11) is -2.99. The van der Waals surface area contributed by atoms with Crippen LogP contribution in [0.25, 0.3) is 0 Å². The van der Waals surface area contributed by atoms with E-state index in [-0.39, 0.29) is 17.4 Å². The molecule has 0 aromatic heterocycles. The lowest BCUT2D eigenvalue weighted by molar-refractivity contribution is -0.124. The Kier molecular flexibility index (Phi) is 4.00. The van der Waals surface area contributed by atoms with Gasteiger partial charge in [0.15, 0.2) is 9.84 Å². The van der Waals surface area contributed by atoms with Crippen LogP contribution in [0.1, 0.15) is 26.2 Å². The molecule has 0 aromatic rings. The minimum Gasteiger partial charge on any atom is -0.349 e. The van der Waals surface area contributed by atoms with Gasteiger partial charge in [-0.05, 0) is 45.2 Å². The Morgan fingerprint density at radius 2 is 2.24 bits per heavy atom. The quantitative estimate of drug-likeness (QED) is 0.725. The van der Waals surface area contributed by atoms with Gasteiger partial charge in [-0.2, -0.15) is 0 Å². The average molecular weight is 315 g/mol. The molecule has 1 amide bonds. The minimum atomic E-state index is -2.99. The predicted molar refractivity (Wildman–Crippen MR) is 80.8 cm³/mol. The van der Waals surface area contributed by atoms with Gasteiger partial charge in [0.25, 0.3) is 0 Å². The molecule has 0 bridgehead atoms. The maximum Gasteiger partial charge on any atom is 0.234 e. The van der Waals surface area contributed by atoms with E-state index in [0.717, 1.165) is 26.1 Å². The Morgan fingerprint density at radius 3 is 2.95 bits per heavy atom. The normalized spacial score (nSPS) is 39.1. The monoisotopic (exact) mass is 315 g/mol. The van der Waals surface area contributed by atoms with Crippen molar-refractivity contribution in [3.63, 3.8) is 0 Å². The summed E-state index contributed by atoms with van der Waals surface area (Å²) in [4.78, 5) is 14.6. The van der Waals surface area contributed by atoms with Crippen LogP contribution in [0, 0.1) is 5.92 Å². The van der Waals surface area contributed by atoms with Crippen molar-refractivity contribution in [3.05, 3.63) is 0 Å². The largest absolute Gasteiger partial charge is 0.349 e. The van der Waals surface area contributed by atoms with E-state index in [1.807, 2.05) is 6.92 Å². The molecule has 3 rings (SSSR count). The van der Waals surface area contributed by atoms with Crippen LogP contribution >= 0.6 is 0 Å². The number of hydrogen-bond acceptors (Lipinski definition) is 5. The van der Waals surface area contributed by atoms with E-state index in [9.17, 15) is 13.2 Å². The third-order valence-electron chi connectivity index (χ3n) is 5.08. The highest BCUT2D eigenvalue weighted by atomic mass is 32.2. The number of fused-ring (bicyclic) bond motifs is 1. The number of sulfone groups is 1. The summed E-state index contributed by atoms with van der Waals surface area (Å²) >= 11 is 0. The van der Waals surface area contributed by atoms with Crippen molar-refractivity contribution in [1.82, 2.24) is 15.5 Å². The Labute approximate surface area is 126 Å². The van der Waals surface area contributed by atoms with Gasteiger partial charge >= 0.3 is 0 Å². The highest BCUT2D eigenvalue weighted by molar-refractivity contribution is 7.91. The van der Waals surface area contributed by atoms with Gasteiger partial charge in [-0.25, -0.2) is 8.42 Å². The van der Waals surface area contributed by atoms with Crippen molar-refractivity contribution in [2.24, 2.45) is 5.92 Å². The third kappa shape index (κ3) is 3.40. The van der Waals surface area contributed by atoms with Gasteiger partial charge in [0.2, 0.25) is 5.91 Å². The van der Waals surface area contributed by atoms with Crippen LogP contribution in [0.2, 0.25) is 0 Å². The minimum absolute atomic E-state index is 0.0397. The highest BCUT2D eigenvalue weighted by Gasteiger charge is 2.40. The van der Waals surface area contributed by atoms with Crippen molar-refractivity contribution in [1.29, 1.82) is 0 Å². The first-order valence-corrected chi connectivity index (χ1v) is 9.65. The first-order chi connectivity index (χ1) is 9.87. The van der Waals surface area contributed by atoms with Crippen LogP contribution < -0.4 is 10.6 Å². The van der Waals surface area contributed by atoms with Crippen molar-refractivity contribution in [3.8, 4) is 0 Å². The molecule has 0 spiro atoms. The zero-order valence-electron chi connectivity index (χ0n) is 12.6. The van der Waals surface area contributed by atoms with Crippen molar-refractivity contribution >= 4 is 15.7 Å². The van der Waals surface area contributed by atoms with E-state index in [1.54, 1.807) is 0 Å². The number of carbonyl (C=O) groups excluding carboxylic acids is 1. The SMILES string of the molecule is CC1(NC(=O)CN2CCCC3CNCC32)CCS(=O)(=O)C1. The lowest BCUT2D eigenvalue weighted by atomic mass is 9.92. The first-order valence-electron chi connectivity index (χ1n) is 7.83. The second-order valence-corrected chi connectivity index (χ2v) is 9.23. The molecule has 21 heavy (non-hydrogen) atoms. The molecule has 3 unspecified atom stereocenters. The molecule has 2 N–H and O–H groups in total. The van der Waals surface area contributed by atoms with Gasteiger partial charge in [0.05, 0.1) is 23.6 Å². The summed E-state index contributed by atoms with van der Waals surface area (Å²) in [5.74, 6) is 0.873. The summed E-state index contributed by atoms with van der Waals surface area (Å²) < 4.78 is 23.2. The molecule has 120 valence electrons. The number of piperidine rings is 1. The Hall–Kier alpha value is -0.660. The van der Waals surface area contributed by atoms with E-state index in [4.69, 9.17) is 0 Å². The molecule has 3 heterocycles. The zero-order valence-corrected chi connectivity index (χ0v) is 13.4. The molecular weight excluding hydrogens is 290 g/mol. The summed E-state index contributed by atoms with van der Waals surface area (Å²) in [6.45, 7) is 5.21. The van der Waals surface area contributed by atoms with Gasteiger partial charge in [-0.1, -0.05) is 0 Å². The van der Waals surface area contributed by atoms with E-state index in [2.05, 4.69) is 15.5 Å². The van der Waals surface area contributed by atoms with Gasteiger partial charge in [-0.3, -0.25) is 9.69 Å². The maximum atomic E-state index is 12.3. The lowest BCUT2D eigenvalue weighted by Crippen LogP contribution is -2.54. The average Bonchev–Trinajstić information content (AvgIpc) is 2.94. The number of likely N-dealkylation sites (tertiary alicyclic amines) is 1. The summed E-state index contributed by atoms with van der Waals surface area (Å²) in [5.41, 5.74) is -0.584. The number of amides is 1. The van der Waals surface area contributed by atoms with Gasteiger partial charge < -0.3 is 10.6 Å². The maximum absolute atomic E-state index is 12.3. The molecule has 3 fully saturated rings. The molecule has 3 atom stereocenters. The van der Waals surface area contributed by atoms with E-state index in [0.29, 0.717) is 24.9 Å². The molecule has 6 nitrogen and oxygen atoms in total. The highest BCUT2D eigenvalue weighted by Crippen LogP contribution is 2.26. The number of hydrogen-bond donors (Lipinski definition) is 2. The number of nitrogens with one attached hydrogen (secondary N) is 2. The smallest absolute Gasteiger partial charge is 0.234 e. The molecule has 3 aliphatic rings. The number of carbonyl (C=O) groups is 1.